The van der Waals surface area contributed by atoms with Gasteiger partial charge in [-0.1, -0.05) is 0 Å². The summed E-state index contributed by atoms with van der Waals surface area (Å²) >= 11 is 0. The van der Waals surface area contributed by atoms with Crippen molar-refractivity contribution in [3.05, 3.63) is 82.7 Å². The SMILES string of the molecule is COC(=O)c1ccc(-n2c(C)cc(C(=O)COC(=O)COc3ccc(C#N)cc3)c2C)cc1. The molecular weight excluding hydrogens is 424 g/mol. The summed E-state index contributed by atoms with van der Waals surface area (Å²) in [6.45, 7) is 2.88. The number of ketones is 1. The number of nitrogens with zero attached hydrogens (tertiary/aromatic N) is 2. The first-order chi connectivity index (χ1) is 15.8. The molecule has 0 radical (unpaired) electrons. The molecule has 0 amide bonds. The second-order valence-corrected chi connectivity index (χ2v) is 7.17. The van der Waals surface area contributed by atoms with Crippen LogP contribution in [-0.2, 0) is 14.3 Å². The van der Waals surface area contributed by atoms with Crippen molar-refractivity contribution in [2.45, 2.75) is 13.8 Å². The molecule has 0 spiro atoms. The lowest BCUT2D eigenvalue weighted by molar-refractivity contribution is -0.144. The minimum atomic E-state index is -0.681. The number of rotatable bonds is 8. The van der Waals surface area contributed by atoms with Crippen LogP contribution in [0, 0.1) is 25.2 Å². The Morgan fingerprint density at radius 3 is 2.24 bits per heavy atom. The second kappa shape index (κ2) is 10.3. The van der Waals surface area contributed by atoms with E-state index in [1.54, 1.807) is 61.5 Å². The van der Waals surface area contributed by atoms with Gasteiger partial charge in [-0.15, -0.1) is 0 Å². The van der Waals surface area contributed by atoms with E-state index in [2.05, 4.69) is 0 Å². The third-order valence-corrected chi connectivity index (χ3v) is 4.98. The van der Waals surface area contributed by atoms with Crippen LogP contribution in [0.15, 0.2) is 54.6 Å². The van der Waals surface area contributed by atoms with Crippen molar-refractivity contribution in [2.75, 3.05) is 20.3 Å². The van der Waals surface area contributed by atoms with Crippen LogP contribution >= 0.6 is 0 Å². The lowest BCUT2D eigenvalue weighted by Gasteiger charge is -2.11. The number of esters is 2. The molecule has 0 aliphatic carbocycles. The van der Waals surface area contributed by atoms with Crippen LogP contribution in [0.1, 0.15) is 37.7 Å². The van der Waals surface area contributed by atoms with Crippen molar-refractivity contribution in [3.63, 3.8) is 0 Å². The number of carbonyl (C=O) groups excluding carboxylic acids is 3. The van der Waals surface area contributed by atoms with E-state index in [1.165, 1.54) is 7.11 Å². The predicted octanol–water partition coefficient (Wildman–Crippen LogP) is 3.56. The average molecular weight is 446 g/mol. The fraction of sp³-hybridized carbons (Fsp3) is 0.200. The van der Waals surface area contributed by atoms with Crippen molar-refractivity contribution in [1.82, 2.24) is 4.57 Å². The Labute approximate surface area is 190 Å². The molecule has 0 aliphatic heterocycles. The number of ether oxygens (including phenoxy) is 3. The zero-order valence-corrected chi connectivity index (χ0v) is 18.5. The van der Waals surface area contributed by atoms with Crippen LogP contribution in [0.5, 0.6) is 5.75 Å². The molecule has 0 saturated heterocycles. The summed E-state index contributed by atoms with van der Waals surface area (Å²) in [5.41, 5.74) is 3.63. The maximum atomic E-state index is 12.7. The summed E-state index contributed by atoms with van der Waals surface area (Å²) in [6, 6.07) is 16.8. The molecule has 2 aromatic carbocycles. The topological polar surface area (TPSA) is 108 Å². The summed E-state index contributed by atoms with van der Waals surface area (Å²) in [5, 5.41) is 8.79. The summed E-state index contributed by atoms with van der Waals surface area (Å²) in [7, 11) is 1.32. The number of aryl methyl sites for hydroxylation is 1. The zero-order valence-electron chi connectivity index (χ0n) is 18.5. The standard InChI is InChI=1S/C25H22N2O6/c1-16-12-22(17(2)27(16)20-8-6-19(7-9-20)25(30)31-3)23(28)14-33-24(29)15-32-21-10-4-18(13-26)5-11-21/h4-12H,14-15H2,1-3H3. The molecule has 1 aromatic heterocycles. The molecule has 0 unspecified atom stereocenters. The highest BCUT2D eigenvalue weighted by atomic mass is 16.6. The maximum absolute atomic E-state index is 12.7. The van der Waals surface area contributed by atoms with Gasteiger partial charge < -0.3 is 18.8 Å². The summed E-state index contributed by atoms with van der Waals surface area (Å²) in [5.74, 6) is -1.03. The van der Waals surface area contributed by atoms with E-state index < -0.39 is 18.5 Å². The molecule has 8 heteroatoms. The molecule has 0 atom stereocenters. The van der Waals surface area contributed by atoms with Crippen LogP contribution in [-0.4, -0.2) is 42.6 Å². The zero-order chi connectivity index (χ0) is 24.0. The number of benzene rings is 2. The van der Waals surface area contributed by atoms with Gasteiger partial charge in [-0.05, 0) is 68.4 Å². The van der Waals surface area contributed by atoms with Gasteiger partial charge in [-0.25, -0.2) is 9.59 Å². The number of methoxy groups -OCH3 is 1. The Bertz CT molecular complexity index is 1220. The fourth-order valence-corrected chi connectivity index (χ4v) is 3.34. The minimum absolute atomic E-state index is 0.341. The van der Waals surface area contributed by atoms with Gasteiger partial charge in [-0.2, -0.15) is 5.26 Å². The minimum Gasteiger partial charge on any atom is -0.482 e. The number of Topliss-reactive ketones (excluding diaryl/α,β-unsaturated/α-hetero) is 1. The molecule has 0 bridgehead atoms. The van der Waals surface area contributed by atoms with Crippen molar-refractivity contribution in [2.24, 2.45) is 0 Å². The van der Waals surface area contributed by atoms with E-state index in [0.717, 1.165) is 11.4 Å². The Balaban J connectivity index is 1.61. The van der Waals surface area contributed by atoms with Crippen molar-refractivity contribution in [3.8, 4) is 17.5 Å². The molecule has 1 heterocycles. The Kier molecular flexibility index (Phi) is 7.26. The Hall–Kier alpha value is -4.38. The van der Waals surface area contributed by atoms with E-state index >= 15 is 0 Å². The molecule has 168 valence electrons. The molecule has 33 heavy (non-hydrogen) atoms. The lowest BCUT2D eigenvalue weighted by Crippen LogP contribution is -2.19. The molecule has 0 fully saturated rings. The highest BCUT2D eigenvalue weighted by Gasteiger charge is 2.19. The van der Waals surface area contributed by atoms with Gasteiger partial charge in [0.15, 0.2) is 13.2 Å². The molecule has 3 rings (SSSR count). The van der Waals surface area contributed by atoms with Crippen LogP contribution < -0.4 is 4.74 Å². The van der Waals surface area contributed by atoms with Crippen LogP contribution in [0.2, 0.25) is 0 Å². The van der Waals surface area contributed by atoms with E-state index in [-0.39, 0.29) is 12.4 Å². The van der Waals surface area contributed by atoms with E-state index in [1.807, 2.05) is 17.6 Å². The first-order valence-electron chi connectivity index (χ1n) is 10.0. The summed E-state index contributed by atoms with van der Waals surface area (Å²) < 4.78 is 17.0. The fourth-order valence-electron chi connectivity index (χ4n) is 3.34. The van der Waals surface area contributed by atoms with Crippen LogP contribution in [0.3, 0.4) is 0 Å². The van der Waals surface area contributed by atoms with Crippen molar-refractivity contribution in [1.29, 1.82) is 5.26 Å². The van der Waals surface area contributed by atoms with Crippen molar-refractivity contribution < 1.29 is 28.6 Å². The Morgan fingerprint density at radius 1 is 0.970 bits per heavy atom. The largest absolute Gasteiger partial charge is 0.482 e. The first-order valence-corrected chi connectivity index (χ1v) is 10.0. The maximum Gasteiger partial charge on any atom is 0.344 e. The van der Waals surface area contributed by atoms with Crippen LogP contribution in [0.25, 0.3) is 5.69 Å². The number of hydrogen-bond donors (Lipinski definition) is 0. The third kappa shape index (κ3) is 5.46. The predicted molar refractivity (Wildman–Crippen MR) is 119 cm³/mol. The van der Waals surface area contributed by atoms with E-state index in [9.17, 15) is 14.4 Å². The van der Waals surface area contributed by atoms with Gasteiger partial charge in [0, 0.05) is 22.6 Å². The van der Waals surface area contributed by atoms with Gasteiger partial charge in [0.1, 0.15) is 5.75 Å². The van der Waals surface area contributed by atoms with E-state index in [0.29, 0.717) is 28.1 Å². The second-order valence-electron chi connectivity index (χ2n) is 7.17. The molecule has 0 N–H and O–H groups in total. The number of nitriles is 1. The number of hydrogen-bond acceptors (Lipinski definition) is 7. The normalized spacial score (nSPS) is 10.2. The monoisotopic (exact) mass is 446 g/mol. The third-order valence-electron chi connectivity index (χ3n) is 4.98. The smallest absolute Gasteiger partial charge is 0.344 e. The average Bonchev–Trinajstić information content (AvgIpc) is 3.14. The number of carbonyl (C=O) groups is 3. The summed E-state index contributed by atoms with van der Waals surface area (Å²) in [6.07, 6.45) is 0. The lowest BCUT2D eigenvalue weighted by atomic mass is 10.1. The molecular formula is C25H22N2O6. The first kappa shape index (κ1) is 23.3. The molecule has 0 saturated carbocycles. The van der Waals surface area contributed by atoms with Crippen LogP contribution in [0.4, 0.5) is 0 Å². The highest BCUT2D eigenvalue weighted by Crippen LogP contribution is 2.22. The van der Waals surface area contributed by atoms with Gasteiger partial charge in [0.25, 0.3) is 0 Å². The summed E-state index contributed by atoms with van der Waals surface area (Å²) in [4.78, 5) is 36.3. The Morgan fingerprint density at radius 2 is 1.64 bits per heavy atom. The molecule has 3 aromatic rings. The number of aromatic nitrogens is 1. The van der Waals surface area contributed by atoms with Crippen molar-refractivity contribution >= 4 is 17.7 Å². The van der Waals surface area contributed by atoms with Gasteiger partial charge in [-0.3, -0.25) is 4.79 Å². The molecule has 0 aliphatic rings. The highest BCUT2D eigenvalue weighted by molar-refractivity contribution is 5.99. The quantitative estimate of drug-likeness (QED) is 0.385. The molecule has 8 nitrogen and oxygen atoms in total. The van der Waals surface area contributed by atoms with Gasteiger partial charge in [0.2, 0.25) is 5.78 Å². The van der Waals surface area contributed by atoms with E-state index in [4.69, 9.17) is 19.5 Å². The van der Waals surface area contributed by atoms with Gasteiger partial charge >= 0.3 is 11.9 Å². The van der Waals surface area contributed by atoms with Gasteiger partial charge in [0.05, 0.1) is 24.3 Å².